The molecule has 2 aromatic rings. The fourth-order valence-corrected chi connectivity index (χ4v) is 3.40. The zero-order valence-electron chi connectivity index (χ0n) is 10.1. The maximum absolute atomic E-state index is 6.17. The molecular formula is C14H17NP2. The van der Waals surface area contributed by atoms with Gasteiger partial charge in [-0.2, -0.15) is 0 Å². The van der Waals surface area contributed by atoms with Gasteiger partial charge in [0.1, 0.15) is 0 Å². The fraction of sp³-hybridized carbons (Fsp3) is 0.143. The molecule has 0 aliphatic heterocycles. The maximum atomic E-state index is 6.17. The van der Waals surface area contributed by atoms with E-state index in [4.69, 9.17) is 5.73 Å². The SMILES string of the molecule is CPc1cc(-c2ccccc2)cc(PC)c1N. The topological polar surface area (TPSA) is 26.0 Å². The van der Waals surface area contributed by atoms with E-state index in [1.54, 1.807) is 0 Å². The second-order valence-electron chi connectivity index (χ2n) is 3.85. The Labute approximate surface area is 106 Å². The molecule has 0 aromatic heterocycles. The minimum Gasteiger partial charge on any atom is -0.398 e. The van der Waals surface area contributed by atoms with Crippen molar-refractivity contribution in [3.63, 3.8) is 0 Å². The summed E-state index contributed by atoms with van der Waals surface area (Å²) in [5.74, 6) is 0. The third-order valence-electron chi connectivity index (χ3n) is 2.83. The third kappa shape index (κ3) is 2.68. The van der Waals surface area contributed by atoms with Crippen LogP contribution < -0.4 is 16.3 Å². The number of hydrogen-bond donors (Lipinski definition) is 1. The Bertz CT molecular complexity index is 484. The average Bonchev–Trinajstić information content (AvgIpc) is 2.40. The second-order valence-corrected chi connectivity index (χ2v) is 5.93. The molecule has 0 saturated heterocycles. The van der Waals surface area contributed by atoms with Crippen LogP contribution in [0.3, 0.4) is 0 Å². The largest absolute Gasteiger partial charge is 0.398 e. The Morgan fingerprint density at radius 2 is 1.35 bits per heavy atom. The van der Waals surface area contributed by atoms with Crippen LogP contribution in [0.25, 0.3) is 11.1 Å². The quantitative estimate of drug-likeness (QED) is 0.667. The summed E-state index contributed by atoms with van der Waals surface area (Å²) in [6, 6.07) is 15.0. The van der Waals surface area contributed by atoms with Gasteiger partial charge >= 0.3 is 0 Å². The molecule has 2 aromatic carbocycles. The van der Waals surface area contributed by atoms with Gasteiger partial charge in [0.2, 0.25) is 0 Å². The molecule has 2 rings (SSSR count). The second kappa shape index (κ2) is 5.63. The smallest absolute Gasteiger partial charge is 0.0465 e. The van der Waals surface area contributed by atoms with Gasteiger partial charge in [-0.25, -0.2) is 0 Å². The van der Waals surface area contributed by atoms with Gasteiger partial charge in [-0.1, -0.05) is 47.5 Å². The molecule has 2 atom stereocenters. The van der Waals surface area contributed by atoms with Crippen molar-refractivity contribution in [2.75, 3.05) is 19.1 Å². The van der Waals surface area contributed by atoms with Crippen LogP contribution in [0.2, 0.25) is 0 Å². The normalized spacial score (nSPS) is 11.9. The van der Waals surface area contributed by atoms with Crippen LogP contribution >= 0.6 is 17.2 Å². The Morgan fingerprint density at radius 3 is 1.82 bits per heavy atom. The van der Waals surface area contributed by atoms with Gasteiger partial charge < -0.3 is 5.73 Å². The van der Waals surface area contributed by atoms with Crippen molar-refractivity contribution < 1.29 is 0 Å². The van der Waals surface area contributed by atoms with E-state index in [0.29, 0.717) is 0 Å². The summed E-state index contributed by atoms with van der Waals surface area (Å²) in [5.41, 5.74) is 9.71. The molecule has 1 nitrogen and oxygen atoms in total. The average molecular weight is 261 g/mol. The molecule has 17 heavy (non-hydrogen) atoms. The summed E-state index contributed by atoms with van der Waals surface area (Å²) in [4.78, 5) is 0. The minimum absolute atomic E-state index is 0.749. The van der Waals surface area contributed by atoms with E-state index in [0.717, 1.165) is 22.8 Å². The lowest BCUT2D eigenvalue weighted by molar-refractivity contribution is 1.65. The number of anilines is 1. The Kier molecular flexibility index (Phi) is 4.15. The van der Waals surface area contributed by atoms with E-state index in [2.05, 4.69) is 49.7 Å². The van der Waals surface area contributed by atoms with Gasteiger partial charge in [0.25, 0.3) is 0 Å². The van der Waals surface area contributed by atoms with Crippen LogP contribution in [0.15, 0.2) is 42.5 Å². The molecule has 0 aliphatic carbocycles. The monoisotopic (exact) mass is 261 g/mol. The van der Waals surface area contributed by atoms with Crippen LogP contribution in [-0.2, 0) is 0 Å². The summed E-state index contributed by atoms with van der Waals surface area (Å²) in [7, 11) is 1.50. The van der Waals surface area contributed by atoms with Crippen LogP contribution in [0.5, 0.6) is 0 Å². The number of nitrogen functional groups attached to an aromatic ring is 1. The Balaban J connectivity index is 2.56. The first kappa shape index (κ1) is 12.6. The first-order chi connectivity index (χ1) is 8.26. The third-order valence-corrected chi connectivity index (χ3v) is 4.73. The Hall–Kier alpha value is -0.900. The molecule has 0 fully saturated rings. The van der Waals surface area contributed by atoms with E-state index in [1.807, 2.05) is 6.07 Å². The van der Waals surface area contributed by atoms with Crippen molar-refractivity contribution in [1.82, 2.24) is 0 Å². The minimum atomic E-state index is 0.749. The molecular weight excluding hydrogens is 244 g/mol. The van der Waals surface area contributed by atoms with Crippen molar-refractivity contribution in [1.29, 1.82) is 0 Å². The molecule has 0 radical (unpaired) electrons. The molecule has 0 aliphatic rings. The summed E-state index contributed by atoms with van der Waals surface area (Å²) >= 11 is 0. The Morgan fingerprint density at radius 1 is 0.824 bits per heavy atom. The van der Waals surface area contributed by atoms with Crippen molar-refractivity contribution >= 4 is 33.5 Å². The summed E-state index contributed by atoms with van der Waals surface area (Å²) in [6.45, 7) is 4.37. The van der Waals surface area contributed by atoms with Crippen LogP contribution in [-0.4, -0.2) is 13.3 Å². The lowest BCUT2D eigenvalue weighted by Crippen LogP contribution is -2.14. The van der Waals surface area contributed by atoms with Crippen LogP contribution in [0.4, 0.5) is 5.69 Å². The number of hydrogen-bond acceptors (Lipinski definition) is 1. The molecule has 88 valence electrons. The van der Waals surface area contributed by atoms with Crippen molar-refractivity contribution in [3.05, 3.63) is 42.5 Å². The highest BCUT2D eigenvalue weighted by atomic mass is 31.1. The van der Waals surface area contributed by atoms with Crippen LogP contribution in [0, 0.1) is 0 Å². The van der Waals surface area contributed by atoms with E-state index in [9.17, 15) is 0 Å². The highest BCUT2D eigenvalue weighted by Crippen LogP contribution is 2.24. The van der Waals surface area contributed by atoms with Gasteiger partial charge in [0.15, 0.2) is 0 Å². The summed E-state index contributed by atoms with van der Waals surface area (Å²) in [5, 5.41) is 2.58. The van der Waals surface area contributed by atoms with E-state index in [1.165, 1.54) is 21.7 Å². The molecule has 0 heterocycles. The molecule has 0 bridgehead atoms. The van der Waals surface area contributed by atoms with Gasteiger partial charge in [-0.05, 0) is 47.2 Å². The van der Waals surface area contributed by atoms with E-state index >= 15 is 0 Å². The van der Waals surface area contributed by atoms with E-state index < -0.39 is 0 Å². The molecule has 0 saturated carbocycles. The standard InChI is InChI=1S/C14H17NP2/c1-16-12-8-11(9-13(17-2)14(12)15)10-6-4-3-5-7-10/h3-9,16-17H,15H2,1-2H3. The first-order valence-electron chi connectivity index (χ1n) is 5.60. The van der Waals surface area contributed by atoms with Crippen molar-refractivity contribution in [2.24, 2.45) is 0 Å². The van der Waals surface area contributed by atoms with E-state index in [-0.39, 0.29) is 0 Å². The molecule has 2 N–H and O–H groups in total. The summed E-state index contributed by atoms with van der Waals surface area (Å²) in [6.07, 6.45) is 0. The lowest BCUT2D eigenvalue weighted by Gasteiger charge is -2.12. The number of nitrogens with two attached hydrogens (primary N) is 1. The van der Waals surface area contributed by atoms with Gasteiger partial charge in [0, 0.05) is 5.69 Å². The van der Waals surface area contributed by atoms with Gasteiger partial charge in [-0.3, -0.25) is 0 Å². The molecule has 3 heteroatoms. The highest BCUT2D eigenvalue weighted by molar-refractivity contribution is 7.49. The lowest BCUT2D eigenvalue weighted by atomic mass is 10.1. The summed E-state index contributed by atoms with van der Waals surface area (Å²) < 4.78 is 0. The number of benzene rings is 2. The molecule has 2 unspecified atom stereocenters. The van der Waals surface area contributed by atoms with Crippen LogP contribution in [0.1, 0.15) is 0 Å². The zero-order chi connectivity index (χ0) is 12.3. The number of rotatable bonds is 3. The predicted molar refractivity (Wildman–Crippen MR) is 84.0 cm³/mol. The first-order valence-corrected chi connectivity index (χ1v) is 8.60. The highest BCUT2D eigenvalue weighted by Gasteiger charge is 2.07. The predicted octanol–water partition coefficient (Wildman–Crippen LogP) is 2.80. The molecule has 0 amide bonds. The fourth-order valence-electron chi connectivity index (χ4n) is 1.86. The maximum Gasteiger partial charge on any atom is 0.0465 e. The van der Waals surface area contributed by atoms with Gasteiger partial charge in [-0.15, -0.1) is 0 Å². The van der Waals surface area contributed by atoms with Crippen molar-refractivity contribution in [2.45, 2.75) is 0 Å². The van der Waals surface area contributed by atoms with Gasteiger partial charge in [0.05, 0.1) is 0 Å². The molecule has 0 spiro atoms. The van der Waals surface area contributed by atoms with Crippen molar-refractivity contribution in [3.8, 4) is 11.1 Å². The zero-order valence-corrected chi connectivity index (χ0v) is 12.1.